The summed E-state index contributed by atoms with van der Waals surface area (Å²) in [6, 6.07) is 0. The summed E-state index contributed by atoms with van der Waals surface area (Å²) in [5.74, 6) is -0.970. The minimum absolute atomic E-state index is 0.747. The van der Waals surface area contributed by atoms with Crippen LogP contribution in [0.25, 0.3) is 0 Å². The van der Waals surface area contributed by atoms with E-state index in [1.807, 2.05) is 0 Å². The highest BCUT2D eigenvalue weighted by molar-refractivity contribution is 5.87. The van der Waals surface area contributed by atoms with E-state index < -0.39 is 30.7 Å². The van der Waals surface area contributed by atoms with Crippen LogP contribution in [0.2, 0.25) is 0 Å². The van der Waals surface area contributed by atoms with E-state index in [-0.39, 0.29) is 0 Å². The molecule has 0 aliphatic carbocycles. The van der Waals surface area contributed by atoms with Crippen LogP contribution in [0.5, 0.6) is 0 Å². The summed E-state index contributed by atoms with van der Waals surface area (Å²) in [4.78, 5) is 10.7. The molecule has 5 heteroatoms. The Kier molecular flexibility index (Phi) is 4.20. The van der Waals surface area contributed by atoms with Crippen LogP contribution in [0.1, 0.15) is 6.92 Å². The molecule has 0 rings (SSSR count). The molecule has 0 bridgehead atoms. The second kappa shape index (κ2) is 4.40. The van der Waals surface area contributed by atoms with Crippen molar-refractivity contribution in [1.82, 2.24) is 0 Å². The predicted molar refractivity (Wildman–Crippen MR) is 35.8 cm³/mol. The molecule has 0 aliphatic rings. The van der Waals surface area contributed by atoms with Crippen LogP contribution in [-0.2, 0) is 4.79 Å². The molecule has 0 aliphatic heterocycles. The summed E-state index contributed by atoms with van der Waals surface area (Å²) < 4.78 is 0. The van der Waals surface area contributed by atoms with Gasteiger partial charge in [0.2, 0.25) is 0 Å². The molecule has 0 saturated carbocycles. The average Bonchev–Trinajstić information content (AvgIpc) is 2.00. The largest absolute Gasteiger partial charge is 0.393 e. The van der Waals surface area contributed by atoms with Gasteiger partial charge in [-0.05, 0) is 6.92 Å². The number of Topliss-reactive ketones (excluding diaryl/α,β-unsaturated/α-hetero) is 1. The molecule has 0 aromatic carbocycles. The third kappa shape index (κ3) is 2.94. The van der Waals surface area contributed by atoms with Gasteiger partial charge in [-0.25, -0.2) is 0 Å². The van der Waals surface area contributed by atoms with Crippen LogP contribution in [0, 0.1) is 0 Å². The lowest BCUT2D eigenvalue weighted by atomic mass is 10.1. The van der Waals surface area contributed by atoms with Gasteiger partial charge in [0.15, 0.2) is 5.78 Å². The fourth-order valence-electron chi connectivity index (χ4n) is 0.525. The van der Waals surface area contributed by atoms with E-state index in [4.69, 9.17) is 20.4 Å². The van der Waals surface area contributed by atoms with Gasteiger partial charge in [0.25, 0.3) is 0 Å². The molecule has 0 radical (unpaired) electrons. The van der Waals surface area contributed by atoms with Gasteiger partial charge in [-0.15, -0.1) is 0 Å². The SMILES string of the molecule is C[C@H](O)[C@H](O)C(=O)[C@H](O)CO. The summed E-state index contributed by atoms with van der Waals surface area (Å²) in [5, 5.41) is 34.4. The molecule has 4 N–H and O–H groups in total. The number of hydrogen-bond donors (Lipinski definition) is 4. The zero-order chi connectivity index (χ0) is 9.02. The van der Waals surface area contributed by atoms with E-state index in [0.717, 1.165) is 0 Å². The molecule has 0 saturated heterocycles. The van der Waals surface area contributed by atoms with E-state index in [9.17, 15) is 4.79 Å². The smallest absolute Gasteiger partial charge is 0.194 e. The van der Waals surface area contributed by atoms with Crippen molar-refractivity contribution in [1.29, 1.82) is 0 Å². The summed E-state index contributed by atoms with van der Waals surface area (Å²) in [6.07, 6.45) is -4.47. The second-order valence-corrected chi connectivity index (χ2v) is 2.29. The Balaban J connectivity index is 4.02. The maximum atomic E-state index is 10.7. The Labute approximate surface area is 63.9 Å². The molecule has 0 aromatic heterocycles. The summed E-state index contributed by atoms with van der Waals surface area (Å²) in [6.45, 7) is 0.468. The van der Waals surface area contributed by atoms with Gasteiger partial charge in [0, 0.05) is 0 Å². The molecule has 11 heavy (non-hydrogen) atoms. The number of carbonyl (C=O) groups excluding carboxylic acids is 1. The monoisotopic (exact) mass is 164 g/mol. The lowest BCUT2D eigenvalue weighted by molar-refractivity contribution is -0.142. The van der Waals surface area contributed by atoms with Crippen LogP contribution in [0.3, 0.4) is 0 Å². The molecular formula is C6H12O5. The van der Waals surface area contributed by atoms with Gasteiger partial charge < -0.3 is 20.4 Å². The van der Waals surface area contributed by atoms with Crippen LogP contribution in [-0.4, -0.2) is 51.1 Å². The van der Waals surface area contributed by atoms with E-state index in [0.29, 0.717) is 0 Å². The molecule has 0 spiro atoms. The Bertz CT molecular complexity index is 133. The van der Waals surface area contributed by atoms with Gasteiger partial charge in [0.05, 0.1) is 12.7 Å². The number of rotatable bonds is 4. The van der Waals surface area contributed by atoms with Gasteiger partial charge in [-0.3, -0.25) is 4.79 Å². The maximum Gasteiger partial charge on any atom is 0.194 e. The molecule has 0 unspecified atom stereocenters. The Morgan fingerprint density at radius 1 is 1.36 bits per heavy atom. The molecule has 5 nitrogen and oxygen atoms in total. The van der Waals surface area contributed by atoms with E-state index in [1.165, 1.54) is 6.92 Å². The third-order valence-electron chi connectivity index (χ3n) is 1.25. The number of ketones is 1. The van der Waals surface area contributed by atoms with Crippen molar-refractivity contribution in [2.24, 2.45) is 0 Å². The van der Waals surface area contributed by atoms with Gasteiger partial charge >= 0.3 is 0 Å². The second-order valence-electron chi connectivity index (χ2n) is 2.29. The molecule has 0 aromatic rings. The standard InChI is InChI=1S/C6H12O5/c1-3(8)5(10)6(11)4(9)2-7/h3-5,7-10H,2H2,1H3/t3-,4+,5-/m0/s1. The van der Waals surface area contributed by atoms with Crippen molar-refractivity contribution in [2.75, 3.05) is 6.61 Å². The van der Waals surface area contributed by atoms with Crippen molar-refractivity contribution >= 4 is 5.78 Å². The topological polar surface area (TPSA) is 98.0 Å². The Morgan fingerprint density at radius 2 is 1.82 bits per heavy atom. The third-order valence-corrected chi connectivity index (χ3v) is 1.25. The Hall–Kier alpha value is -0.490. The van der Waals surface area contributed by atoms with Crippen molar-refractivity contribution in [3.63, 3.8) is 0 Å². The van der Waals surface area contributed by atoms with Gasteiger partial charge in [0.1, 0.15) is 12.2 Å². The predicted octanol–water partition coefficient (Wildman–Crippen LogP) is -2.35. The minimum Gasteiger partial charge on any atom is -0.393 e. The Morgan fingerprint density at radius 3 is 2.09 bits per heavy atom. The zero-order valence-electron chi connectivity index (χ0n) is 6.14. The van der Waals surface area contributed by atoms with Crippen molar-refractivity contribution in [3.05, 3.63) is 0 Å². The highest BCUT2D eigenvalue weighted by Gasteiger charge is 2.26. The molecule has 0 amide bonds. The van der Waals surface area contributed by atoms with Gasteiger partial charge in [-0.2, -0.15) is 0 Å². The fourth-order valence-corrected chi connectivity index (χ4v) is 0.525. The normalized spacial score (nSPS) is 19.0. The molecule has 0 fully saturated rings. The van der Waals surface area contributed by atoms with Gasteiger partial charge in [-0.1, -0.05) is 0 Å². The van der Waals surface area contributed by atoms with E-state index in [1.54, 1.807) is 0 Å². The lowest BCUT2D eigenvalue weighted by Gasteiger charge is -2.14. The molecule has 0 heterocycles. The number of aliphatic hydroxyl groups excluding tert-OH is 4. The molecule has 3 atom stereocenters. The van der Waals surface area contributed by atoms with Crippen LogP contribution >= 0.6 is 0 Å². The van der Waals surface area contributed by atoms with Crippen molar-refractivity contribution in [3.8, 4) is 0 Å². The maximum absolute atomic E-state index is 10.7. The van der Waals surface area contributed by atoms with Crippen molar-refractivity contribution in [2.45, 2.75) is 25.2 Å². The summed E-state index contributed by atoms with van der Waals surface area (Å²) in [7, 11) is 0. The van der Waals surface area contributed by atoms with Crippen molar-refractivity contribution < 1.29 is 25.2 Å². The highest BCUT2D eigenvalue weighted by Crippen LogP contribution is 1.97. The number of aliphatic hydroxyl groups is 4. The van der Waals surface area contributed by atoms with E-state index >= 15 is 0 Å². The minimum atomic E-state index is -1.63. The number of carbonyl (C=O) groups is 1. The van der Waals surface area contributed by atoms with Crippen LogP contribution in [0.15, 0.2) is 0 Å². The summed E-state index contributed by atoms with van der Waals surface area (Å²) in [5.41, 5.74) is 0. The van der Waals surface area contributed by atoms with E-state index in [2.05, 4.69) is 0 Å². The first-order valence-electron chi connectivity index (χ1n) is 3.19. The lowest BCUT2D eigenvalue weighted by Crippen LogP contribution is -2.40. The quantitative estimate of drug-likeness (QED) is 0.373. The first-order valence-corrected chi connectivity index (χ1v) is 3.19. The highest BCUT2D eigenvalue weighted by atomic mass is 16.4. The summed E-state index contributed by atoms with van der Waals surface area (Å²) >= 11 is 0. The number of hydrogen-bond acceptors (Lipinski definition) is 5. The first kappa shape index (κ1) is 10.5. The average molecular weight is 164 g/mol. The van der Waals surface area contributed by atoms with Crippen LogP contribution < -0.4 is 0 Å². The zero-order valence-corrected chi connectivity index (χ0v) is 6.14. The fraction of sp³-hybridized carbons (Fsp3) is 0.833. The molecular weight excluding hydrogens is 152 g/mol. The van der Waals surface area contributed by atoms with Crippen LogP contribution in [0.4, 0.5) is 0 Å². The first-order chi connectivity index (χ1) is 5.00. The molecule has 66 valence electrons.